The molecule has 1 amide bonds. The standard InChI is InChI=1S/C15H30N2O3/c1-15(2,3)20-14(19)17-9-5-7-12(10-17)6-4-8-13(16)11-18/h12-13,18H,4-11,16H2,1-3H3. The van der Waals surface area contributed by atoms with E-state index in [1.54, 1.807) is 0 Å². The lowest BCUT2D eigenvalue weighted by molar-refractivity contribution is 0.0160. The Morgan fingerprint density at radius 1 is 1.50 bits per heavy atom. The molecular weight excluding hydrogens is 256 g/mol. The zero-order valence-corrected chi connectivity index (χ0v) is 13.1. The first-order valence-corrected chi connectivity index (χ1v) is 7.66. The van der Waals surface area contributed by atoms with Crippen molar-refractivity contribution in [1.82, 2.24) is 4.90 Å². The van der Waals surface area contributed by atoms with Crippen molar-refractivity contribution in [3.05, 3.63) is 0 Å². The molecular formula is C15H30N2O3. The van der Waals surface area contributed by atoms with E-state index in [0.29, 0.717) is 5.92 Å². The molecule has 1 aliphatic heterocycles. The molecule has 0 saturated carbocycles. The molecule has 20 heavy (non-hydrogen) atoms. The first-order chi connectivity index (χ1) is 9.31. The molecule has 1 rings (SSSR count). The molecule has 0 bridgehead atoms. The van der Waals surface area contributed by atoms with Crippen LogP contribution in [-0.4, -0.2) is 47.4 Å². The molecule has 1 saturated heterocycles. The molecule has 0 aromatic carbocycles. The van der Waals surface area contributed by atoms with E-state index in [9.17, 15) is 4.79 Å². The van der Waals surface area contributed by atoms with E-state index >= 15 is 0 Å². The first kappa shape index (κ1) is 17.2. The Labute approximate surface area is 122 Å². The minimum absolute atomic E-state index is 0.0503. The van der Waals surface area contributed by atoms with Crippen LogP contribution in [0, 0.1) is 5.92 Å². The second-order valence-corrected chi connectivity index (χ2v) is 6.81. The number of piperidine rings is 1. The van der Waals surface area contributed by atoms with Gasteiger partial charge >= 0.3 is 6.09 Å². The second-order valence-electron chi connectivity index (χ2n) is 6.81. The summed E-state index contributed by atoms with van der Waals surface area (Å²) in [5, 5.41) is 8.90. The van der Waals surface area contributed by atoms with Gasteiger partial charge in [0.25, 0.3) is 0 Å². The maximum atomic E-state index is 12.0. The molecule has 3 N–H and O–H groups in total. The van der Waals surface area contributed by atoms with Crippen molar-refractivity contribution in [1.29, 1.82) is 0 Å². The van der Waals surface area contributed by atoms with Crippen molar-refractivity contribution in [2.45, 2.75) is 64.5 Å². The summed E-state index contributed by atoms with van der Waals surface area (Å²) >= 11 is 0. The summed E-state index contributed by atoms with van der Waals surface area (Å²) in [7, 11) is 0. The fraction of sp³-hybridized carbons (Fsp3) is 0.933. The first-order valence-electron chi connectivity index (χ1n) is 7.66. The van der Waals surface area contributed by atoms with Gasteiger partial charge in [-0.3, -0.25) is 0 Å². The molecule has 0 aliphatic carbocycles. The van der Waals surface area contributed by atoms with Gasteiger partial charge in [-0.2, -0.15) is 0 Å². The largest absolute Gasteiger partial charge is 0.444 e. The van der Waals surface area contributed by atoms with Crippen LogP contribution in [0.1, 0.15) is 52.9 Å². The average Bonchev–Trinajstić information content (AvgIpc) is 2.37. The van der Waals surface area contributed by atoms with Crippen LogP contribution in [0.15, 0.2) is 0 Å². The van der Waals surface area contributed by atoms with Crippen LogP contribution in [0.3, 0.4) is 0 Å². The van der Waals surface area contributed by atoms with E-state index in [1.807, 2.05) is 25.7 Å². The number of hydrogen-bond donors (Lipinski definition) is 2. The van der Waals surface area contributed by atoms with Gasteiger partial charge < -0.3 is 20.5 Å². The van der Waals surface area contributed by atoms with Gasteiger partial charge in [-0.25, -0.2) is 4.79 Å². The minimum atomic E-state index is -0.433. The van der Waals surface area contributed by atoms with Crippen LogP contribution in [0.5, 0.6) is 0 Å². The number of nitrogens with zero attached hydrogens (tertiary/aromatic N) is 1. The number of amides is 1. The summed E-state index contributed by atoms with van der Waals surface area (Å²) in [6.45, 7) is 7.30. The van der Waals surface area contributed by atoms with Crippen molar-refractivity contribution in [3.63, 3.8) is 0 Å². The van der Waals surface area contributed by atoms with Crippen LogP contribution in [0.25, 0.3) is 0 Å². The zero-order valence-electron chi connectivity index (χ0n) is 13.1. The van der Waals surface area contributed by atoms with E-state index in [4.69, 9.17) is 15.6 Å². The molecule has 0 aromatic heterocycles. The van der Waals surface area contributed by atoms with Gasteiger partial charge in [0.1, 0.15) is 5.60 Å². The van der Waals surface area contributed by atoms with Gasteiger partial charge in [0, 0.05) is 19.1 Å². The highest BCUT2D eigenvalue weighted by atomic mass is 16.6. The van der Waals surface area contributed by atoms with Crippen LogP contribution >= 0.6 is 0 Å². The monoisotopic (exact) mass is 286 g/mol. The lowest BCUT2D eigenvalue weighted by Crippen LogP contribution is -2.42. The molecule has 0 spiro atoms. The Hall–Kier alpha value is -0.810. The molecule has 118 valence electrons. The summed E-state index contributed by atoms with van der Waals surface area (Å²) in [4.78, 5) is 13.9. The number of aliphatic hydroxyl groups excluding tert-OH is 1. The van der Waals surface area contributed by atoms with E-state index in [2.05, 4.69) is 0 Å². The molecule has 1 heterocycles. The van der Waals surface area contributed by atoms with Gasteiger partial charge in [0.05, 0.1) is 6.61 Å². The van der Waals surface area contributed by atoms with E-state index in [0.717, 1.165) is 45.2 Å². The topological polar surface area (TPSA) is 75.8 Å². The van der Waals surface area contributed by atoms with Crippen LogP contribution < -0.4 is 5.73 Å². The highest BCUT2D eigenvalue weighted by Gasteiger charge is 2.27. The number of carbonyl (C=O) groups is 1. The normalized spacial score (nSPS) is 21.6. The van der Waals surface area contributed by atoms with Gasteiger partial charge in [-0.05, 0) is 52.4 Å². The SMILES string of the molecule is CC(C)(C)OC(=O)N1CCCC(CCCC(N)CO)C1. The fourth-order valence-corrected chi connectivity index (χ4v) is 2.55. The third kappa shape index (κ3) is 6.57. The Kier molecular flexibility index (Phi) is 6.76. The summed E-state index contributed by atoms with van der Waals surface area (Å²) < 4.78 is 5.42. The maximum absolute atomic E-state index is 12.0. The lowest BCUT2D eigenvalue weighted by atomic mass is 9.92. The Balaban J connectivity index is 2.33. The van der Waals surface area contributed by atoms with Gasteiger partial charge in [-0.1, -0.05) is 6.42 Å². The molecule has 2 unspecified atom stereocenters. The molecule has 5 heteroatoms. The van der Waals surface area contributed by atoms with E-state index in [-0.39, 0.29) is 18.7 Å². The number of aliphatic hydroxyl groups is 1. The quantitative estimate of drug-likeness (QED) is 0.811. The molecule has 1 aliphatic rings. The molecule has 2 atom stereocenters. The van der Waals surface area contributed by atoms with Gasteiger partial charge in [0.2, 0.25) is 0 Å². The second kappa shape index (κ2) is 7.84. The third-order valence-electron chi connectivity index (χ3n) is 3.59. The van der Waals surface area contributed by atoms with Crippen molar-refractivity contribution in [2.24, 2.45) is 11.7 Å². The Bertz CT molecular complexity index is 302. The summed E-state index contributed by atoms with van der Waals surface area (Å²) in [5.74, 6) is 0.530. The average molecular weight is 286 g/mol. The van der Waals surface area contributed by atoms with Crippen LogP contribution in [0.4, 0.5) is 4.79 Å². The minimum Gasteiger partial charge on any atom is -0.444 e. The van der Waals surface area contributed by atoms with Crippen molar-refractivity contribution in [2.75, 3.05) is 19.7 Å². The number of hydrogen-bond acceptors (Lipinski definition) is 4. The Morgan fingerprint density at radius 2 is 2.20 bits per heavy atom. The molecule has 0 aromatic rings. The molecule has 1 fully saturated rings. The number of rotatable bonds is 5. The van der Waals surface area contributed by atoms with E-state index < -0.39 is 5.60 Å². The summed E-state index contributed by atoms with van der Waals surface area (Å²) in [6, 6.07) is -0.111. The van der Waals surface area contributed by atoms with E-state index in [1.165, 1.54) is 0 Å². The van der Waals surface area contributed by atoms with Gasteiger partial charge in [-0.15, -0.1) is 0 Å². The van der Waals surface area contributed by atoms with Crippen LogP contribution in [0.2, 0.25) is 0 Å². The number of ether oxygens (including phenoxy) is 1. The summed E-state index contributed by atoms with van der Waals surface area (Å²) in [6.07, 6.45) is 4.92. The van der Waals surface area contributed by atoms with Crippen molar-refractivity contribution >= 4 is 6.09 Å². The lowest BCUT2D eigenvalue weighted by Gasteiger charge is -2.34. The highest BCUT2D eigenvalue weighted by Crippen LogP contribution is 2.23. The number of carbonyl (C=O) groups excluding carboxylic acids is 1. The van der Waals surface area contributed by atoms with Gasteiger partial charge in [0.15, 0.2) is 0 Å². The van der Waals surface area contributed by atoms with Crippen molar-refractivity contribution < 1.29 is 14.6 Å². The smallest absolute Gasteiger partial charge is 0.410 e. The van der Waals surface area contributed by atoms with Crippen LogP contribution in [-0.2, 0) is 4.74 Å². The number of likely N-dealkylation sites (tertiary alicyclic amines) is 1. The zero-order chi connectivity index (χ0) is 15.2. The maximum Gasteiger partial charge on any atom is 0.410 e. The third-order valence-corrected chi connectivity index (χ3v) is 3.59. The highest BCUT2D eigenvalue weighted by molar-refractivity contribution is 5.68. The predicted octanol–water partition coefficient (Wildman–Crippen LogP) is 2.12. The molecule has 0 radical (unpaired) electrons. The van der Waals surface area contributed by atoms with Crippen molar-refractivity contribution in [3.8, 4) is 0 Å². The Morgan fingerprint density at radius 3 is 2.80 bits per heavy atom. The fourth-order valence-electron chi connectivity index (χ4n) is 2.55. The summed E-state index contributed by atoms with van der Waals surface area (Å²) in [5.41, 5.74) is 5.27. The predicted molar refractivity (Wildman–Crippen MR) is 79.4 cm³/mol. The molecule has 5 nitrogen and oxygen atoms in total. The number of nitrogens with two attached hydrogens (primary N) is 1.